The van der Waals surface area contributed by atoms with Gasteiger partial charge in [-0.15, -0.1) is 11.8 Å². The standard InChI is InChI=1S/C14H13FS/c1-2-16-14-5-3-4-12(10-14)11-6-8-13(15)9-7-11/h3-10H,2H2,1H3. The van der Waals surface area contributed by atoms with Crippen LogP contribution in [-0.4, -0.2) is 5.75 Å². The Bertz CT molecular complexity index is 462. The molecule has 0 saturated heterocycles. The third kappa shape index (κ3) is 2.64. The molecule has 0 aliphatic heterocycles. The molecule has 0 atom stereocenters. The quantitative estimate of drug-likeness (QED) is 0.697. The summed E-state index contributed by atoms with van der Waals surface area (Å²) in [6.07, 6.45) is 0. The Morgan fingerprint density at radius 2 is 1.75 bits per heavy atom. The first-order chi connectivity index (χ1) is 7.79. The number of thioether (sulfide) groups is 1. The Hall–Kier alpha value is -1.28. The monoisotopic (exact) mass is 232 g/mol. The minimum atomic E-state index is -0.192. The molecule has 0 aliphatic rings. The van der Waals surface area contributed by atoms with Crippen LogP contribution in [0.25, 0.3) is 11.1 Å². The summed E-state index contributed by atoms with van der Waals surface area (Å²) >= 11 is 1.81. The summed E-state index contributed by atoms with van der Waals surface area (Å²) in [5, 5.41) is 0. The molecular formula is C14H13FS. The van der Waals surface area contributed by atoms with E-state index < -0.39 is 0 Å². The Kier molecular flexibility index (Phi) is 3.62. The molecule has 0 heterocycles. The van der Waals surface area contributed by atoms with Crippen molar-refractivity contribution in [3.05, 3.63) is 54.3 Å². The maximum absolute atomic E-state index is 12.8. The van der Waals surface area contributed by atoms with Gasteiger partial charge in [0.2, 0.25) is 0 Å². The predicted octanol–water partition coefficient (Wildman–Crippen LogP) is 4.60. The van der Waals surface area contributed by atoms with Crippen LogP contribution < -0.4 is 0 Å². The van der Waals surface area contributed by atoms with Crippen molar-refractivity contribution in [1.82, 2.24) is 0 Å². The fourth-order valence-electron chi connectivity index (χ4n) is 1.57. The molecule has 16 heavy (non-hydrogen) atoms. The summed E-state index contributed by atoms with van der Waals surface area (Å²) < 4.78 is 12.8. The molecular weight excluding hydrogens is 219 g/mol. The molecule has 82 valence electrons. The zero-order chi connectivity index (χ0) is 11.4. The maximum Gasteiger partial charge on any atom is 0.123 e. The van der Waals surface area contributed by atoms with E-state index in [-0.39, 0.29) is 5.82 Å². The number of hydrogen-bond donors (Lipinski definition) is 0. The van der Waals surface area contributed by atoms with Crippen LogP contribution in [0.4, 0.5) is 4.39 Å². The lowest BCUT2D eigenvalue weighted by Gasteiger charge is -2.04. The first kappa shape index (κ1) is 11.2. The molecule has 0 N–H and O–H groups in total. The van der Waals surface area contributed by atoms with Crippen molar-refractivity contribution in [2.45, 2.75) is 11.8 Å². The molecule has 0 amide bonds. The Labute approximate surface area is 99.5 Å². The average Bonchev–Trinajstić information content (AvgIpc) is 2.31. The second-order valence-electron chi connectivity index (χ2n) is 3.47. The van der Waals surface area contributed by atoms with Crippen LogP contribution in [0.15, 0.2) is 53.4 Å². The van der Waals surface area contributed by atoms with Gasteiger partial charge >= 0.3 is 0 Å². The van der Waals surface area contributed by atoms with Crippen LogP contribution in [0.5, 0.6) is 0 Å². The first-order valence-electron chi connectivity index (χ1n) is 5.28. The second-order valence-corrected chi connectivity index (χ2v) is 4.81. The van der Waals surface area contributed by atoms with Crippen LogP contribution in [0.2, 0.25) is 0 Å². The summed E-state index contributed by atoms with van der Waals surface area (Å²) in [5.41, 5.74) is 2.19. The Morgan fingerprint density at radius 1 is 1.00 bits per heavy atom. The van der Waals surface area contributed by atoms with Crippen molar-refractivity contribution in [3.8, 4) is 11.1 Å². The zero-order valence-electron chi connectivity index (χ0n) is 9.11. The zero-order valence-corrected chi connectivity index (χ0v) is 9.93. The maximum atomic E-state index is 12.8. The van der Waals surface area contributed by atoms with Crippen LogP contribution in [0.3, 0.4) is 0 Å². The molecule has 2 heteroatoms. The van der Waals surface area contributed by atoms with Crippen molar-refractivity contribution in [2.24, 2.45) is 0 Å². The molecule has 0 radical (unpaired) electrons. The minimum Gasteiger partial charge on any atom is -0.207 e. The van der Waals surface area contributed by atoms with Gasteiger partial charge in [0.1, 0.15) is 5.82 Å². The van der Waals surface area contributed by atoms with Gasteiger partial charge in [0.05, 0.1) is 0 Å². The highest BCUT2D eigenvalue weighted by Crippen LogP contribution is 2.25. The molecule has 0 unspecified atom stereocenters. The van der Waals surface area contributed by atoms with E-state index in [1.54, 1.807) is 0 Å². The summed E-state index contributed by atoms with van der Waals surface area (Å²) in [6.45, 7) is 2.13. The van der Waals surface area contributed by atoms with E-state index in [0.29, 0.717) is 0 Å². The van der Waals surface area contributed by atoms with E-state index in [9.17, 15) is 4.39 Å². The van der Waals surface area contributed by atoms with Gasteiger partial charge in [0, 0.05) is 4.90 Å². The van der Waals surface area contributed by atoms with Crippen molar-refractivity contribution < 1.29 is 4.39 Å². The normalized spacial score (nSPS) is 10.4. The predicted molar refractivity (Wildman–Crippen MR) is 68.2 cm³/mol. The fourth-order valence-corrected chi connectivity index (χ4v) is 2.29. The lowest BCUT2D eigenvalue weighted by Crippen LogP contribution is -1.80. The Morgan fingerprint density at radius 3 is 2.44 bits per heavy atom. The average molecular weight is 232 g/mol. The van der Waals surface area contributed by atoms with E-state index in [2.05, 4.69) is 19.1 Å². The van der Waals surface area contributed by atoms with Gasteiger partial charge in [-0.2, -0.15) is 0 Å². The molecule has 0 spiro atoms. The molecule has 0 fully saturated rings. The molecule has 0 aliphatic carbocycles. The van der Waals surface area contributed by atoms with Gasteiger partial charge in [-0.25, -0.2) is 4.39 Å². The van der Waals surface area contributed by atoms with Gasteiger partial charge in [-0.1, -0.05) is 31.2 Å². The molecule has 2 aromatic rings. The summed E-state index contributed by atoms with van der Waals surface area (Å²) in [4.78, 5) is 1.25. The number of hydrogen-bond acceptors (Lipinski definition) is 1. The van der Waals surface area contributed by atoms with Crippen molar-refractivity contribution in [3.63, 3.8) is 0 Å². The van der Waals surface area contributed by atoms with Crippen molar-refractivity contribution in [2.75, 3.05) is 5.75 Å². The summed E-state index contributed by atoms with van der Waals surface area (Å²) in [7, 11) is 0. The van der Waals surface area contributed by atoms with E-state index in [0.717, 1.165) is 16.9 Å². The molecule has 0 aromatic heterocycles. The summed E-state index contributed by atoms with van der Waals surface area (Å²) in [5.74, 6) is 0.871. The van der Waals surface area contributed by atoms with Crippen molar-refractivity contribution in [1.29, 1.82) is 0 Å². The number of rotatable bonds is 3. The molecule has 2 aromatic carbocycles. The van der Waals surface area contributed by atoms with Crippen LogP contribution in [0, 0.1) is 5.82 Å². The van der Waals surface area contributed by atoms with Gasteiger partial charge in [0.25, 0.3) is 0 Å². The van der Waals surface area contributed by atoms with Gasteiger partial charge in [-0.05, 0) is 41.1 Å². The highest BCUT2D eigenvalue weighted by molar-refractivity contribution is 7.99. The molecule has 0 bridgehead atoms. The van der Waals surface area contributed by atoms with Gasteiger partial charge < -0.3 is 0 Å². The third-order valence-corrected chi connectivity index (χ3v) is 3.20. The smallest absolute Gasteiger partial charge is 0.123 e. The van der Waals surface area contributed by atoms with E-state index in [1.165, 1.54) is 17.0 Å². The highest BCUT2D eigenvalue weighted by Gasteiger charge is 1.99. The van der Waals surface area contributed by atoms with Gasteiger partial charge in [-0.3, -0.25) is 0 Å². The number of benzene rings is 2. The van der Waals surface area contributed by atoms with E-state index in [4.69, 9.17) is 0 Å². The highest BCUT2D eigenvalue weighted by atomic mass is 32.2. The topological polar surface area (TPSA) is 0 Å². The van der Waals surface area contributed by atoms with Crippen molar-refractivity contribution >= 4 is 11.8 Å². The number of halogens is 1. The van der Waals surface area contributed by atoms with Crippen LogP contribution >= 0.6 is 11.8 Å². The molecule has 0 nitrogen and oxygen atoms in total. The van der Waals surface area contributed by atoms with Crippen LogP contribution in [0.1, 0.15) is 6.92 Å². The van der Waals surface area contributed by atoms with Gasteiger partial charge in [0.15, 0.2) is 0 Å². The fraction of sp³-hybridized carbons (Fsp3) is 0.143. The van der Waals surface area contributed by atoms with Crippen LogP contribution in [-0.2, 0) is 0 Å². The van der Waals surface area contributed by atoms with E-state index >= 15 is 0 Å². The SMILES string of the molecule is CCSc1cccc(-c2ccc(F)cc2)c1. The lowest BCUT2D eigenvalue weighted by atomic mass is 10.1. The largest absolute Gasteiger partial charge is 0.207 e. The first-order valence-corrected chi connectivity index (χ1v) is 6.27. The third-order valence-electron chi connectivity index (χ3n) is 2.32. The van der Waals surface area contributed by atoms with E-state index in [1.807, 2.05) is 36.0 Å². The summed E-state index contributed by atoms with van der Waals surface area (Å²) in [6, 6.07) is 14.9. The second kappa shape index (κ2) is 5.17. The Balaban J connectivity index is 2.32. The molecule has 2 rings (SSSR count). The lowest BCUT2D eigenvalue weighted by molar-refractivity contribution is 0.628. The molecule has 0 saturated carbocycles. The minimum absolute atomic E-state index is 0.192.